The molecule has 82 valence electrons. The highest BCUT2D eigenvalue weighted by molar-refractivity contribution is 9.10. The Hall–Kier alpha value is -0.450. The standard InChI is InChI=1S/C11H15BrN2O/c12-9-3-8(5-14-6-9)7-15-11-2-1-10(13)4-11/h3,5-6,10-11H,1-2,4,7,13H2. The fourth-order valence-corrected chi connectivity index (χ4v) is 2.29. The first-order valence-electron chi connectivity index (χ1n) is 5.20. The first kappa shape index (κ1) is 11.0. The molecule has 0 amide bonds. The third kappa shape index (κ3) is 3.26. The van der Waals surface area contributed by atoms with Crippen molar-refractivity contribution in [2.45, 2.75) is 38.0 Å². The summed E-state index contributed by atoms with van der Waals surface area (Å²) >= 11 is 3.39. The van der Waals surface area contributed by atoms with Gasteiger partial charge in [-0.2, -0.15) is 0 Å². The highest BCUT2D eigenvalue weighted by atomic mass is 79.9. The maximum absolute atomic E-state index is 5.82. The van der Waals surface area contributed by atoms with E-state index < -0.39 is 0 Å². The Morgan fingerprint density at radius 2 is 2.33 bits per heavy atom. The first-order chi connectivity index (χ1) is 7.24. The number of halogens is 1. The highest BCUT2D eigenvalue weighted by Crippen LogP contribution is 2.21. The summed E-state index contributed by atoms with van der Waals surface area (Å²) in [4.78, 5) is 4.09. The van der Waals surface area contributed by atoms with Gasteiger partial charge in [0.1, 0.15) is 0 Å². The van der Waals surface area contributed by atoms with E-state index >= 15 is 0 Å². The molecule has 0 bridgehead atoms. The molecule has 1 saturated carbocycles. The van der Waals surface area contributed by atoms with Gasteiger partial charge in [0.05, 0.1) is 12.7 Å². The number of hydrogen-bond donors (Lipinski definition) is 1. The summed E-state index contributed by atoms with van der Waals surface area (Å²) in [6.07, 6.45) is 7.10. The normalized spacial score (nSPS) is 25.7. The minimum absolute atomic E-state index is 0.329. The summed E-state index contributed by atoms with van der Waals surface area (Å²) in [5, 5.41) is 0. The van der Waals surface area contributed by atoms with Gasteiger partial charge in [-0.3, -0.25) is 4.98 Å². The Kier molecular flexibility index (Phi) is 3.72. The molecule has 2 atom stereocenters. The molecule has 1 heterocycles. The summed E-state index contributed by atoms with van der Waals surface area (Å²) in [6.45, 7) is 0.629. The molecular formula is C11H15BrN2O. The van der Waals surface area contributed by atoms with E-state index in [0.29, 0.717) is 18.8 Å². The average molecular weight is 271 g/mol. The van der Waals surface area contributed by atoms with E-state index in [0.717, 1.165) is 29.3 Å². The monoisotopic (exact) mass is 270 g/mol. The lowest BCUT2D eigenvalue weighted by Gasteiger charge is -2.11. The van der Waals surface area contributed by atoms with E-state index in [9.17, 15) is 0 Å². The largest absolute Gasteiger partial charge is 0.373 e. The molecule has 1 aliphatic carbocycles. The van der Waals surface area contributed by atoms with Crippen molar-refractivity contribution in [3.8, 4) is 0 Å². The zero-order valence-corrected chi connectivity index (χ0v) is 10.1. The summed E-state index contributed by atoms with van der Waals surface area (Å²) < 4.78 is 6.77. The van der Waals surface area contributed by atoms with Gasteiger partial charge in [-0.05, 0) is 46.8 Å². The lowest BCUT2D eigenvalue weighted by atomic mass is 10.2. The van der Waals surface area contributed by atoms with E-state index in [1.165, 1.54) is 0 Å². The summed E-state index contributed by atoms with van der Waals surface area (Å²) in [6, 6.07) is 2.36. The quantitative estimate of drug-likeness (QED) is 0.917. The second-order valence-electron chi connectivity index (χ2n) is 4.02. The van der Waals surface area contributed by atoms with E-state index in [1.807, 2.05) is 12.3 Å². The lowest BCUT2D eigenvalue weighted by Crippen LogP contribution is -2.17. The van der Waals surface area contributed by atoms with Crippen LogP contribution in [0.25, 0.3) is 0 Å². The third-order valence-corrected chi connectivity index (χ3v) is 3.11. The van der Waals surface area contributed by atoms with Crippen LogP contribution in [0.5, 0.6) is 0 Å². The van der Waals surface area contributed by atoms with E-state index in [2.05, 4.69) is 20.9 Å². The SMILES string of the molecule is NC1CCC(OCc2cncc(Br)c2)C1. The van der Waals surface area contributed by atoms with E-state index in [-0.39, 0.29) is 0 Å². The second-order valence-corrected chi connectivity index (χ2v) is 4.93. The van der Waals surface area contributed by atoms with Crippen molar-refractivity contribution < 1.29 is 4.74 Å². The maximum atomic E-state index is 5.82. The van der Waals surface area contributed by atoms with Crippen molar-refractivity contribution >= 4 is 15.9 Å². The minimum atomic E-state index is 0.329. The van der Waals surface area contributed by atoms with Crippen molar-refractivity contribution in [3.05, 3.63) is 28.5 Å². The first-order valence-corrected chi connectivity index (χ1v) is 6.00. The van der Waals surface area contributed by atoms with Crippen LogP contribution in [-0.2, 0) is 11.3 Å². The van der Waals surface area contributed by atoms with E-state index in [1.54, 1.807) is 6.20 Å². The summed E-state index contributed by atoms with van der Waals surface area (Å²) in [5.41, 5.74) is 6.92. The number of pyridine rings is 1. The number of ether oxygens (including phenoxy) is 1. The molecular weight excluding hydrogens is 256 g/mol. The zero-order valence-electron chi connectivity index (χ0n) is 8.53. The Balaban J connectivity index is 1.83. The number of nitrogens with zero attached hydrogens (tertiary/aromatic N) is 1. The molecule has 0 spiro atoms. The fraction of sp³-hybridized carbons (Fsp3) is 0.545. The Morgan fingerprint density at radius 1 is 1.47 bits per heavy atom. The Labute approximate surface area is 98.2 Å². The van der Waals surface area contributed by atoms with Gasteiger partial charge in [0, 0.05) is 22.9 Å². The number of aromatic nitrogens is 1. The number of nitrogens with two attached hydrogens (primary N) is 1. The molecule has 1 aromatic heterocycles. The molecule has 15 heavy (non-hydrogen) atoms. The Bertz CT molecular complexity index is 332. The molecule has 0 aliphatic heterocycles. The molecule has 2 N–H and O–H groups in total. The molecule has 4 heteroatoms. The molecule has 1 aromatic rings. The average Bonchev–Trinajstić information content (AvgIpc) is 2.62. The molecule has 2 unspecified atom stereocenters. The van der Waals surface area contributed by atoms with Crippen molar-refractivity contribution in [1.29, 1.82) is 0 Å². The second kappa shape index (κ2) is 5.05. The van der Waals surface area contributed by atoms with Crippen LogP contribution < -0.4 is 5.73 Å². The van der Waals surface area contributed by atoms with Crippen LogP contribution in [0.4, 0.5) is 0 Å². The van der Waals surface area contributed by atoms with Crippen molar-refractivity contribution in [1.82, 2.24) is 4.98 Å². The van der Waals surface area contributed by atoms with Crippen LogP contribution in [-0.4, -0.2) is 17.1 Å². The molecule has 0 saturated heterocycles. The molecule has 2 rings (SSSR count). The number of rotatable bonds is 3. The molecule has 0 radical (unpaired) electrons. The third-order valence-electron chi connectivity index (χ3n) is 2.67. The predicted molar refractivity (Wildman–Crippen MR) is 62.3 cm³/mol. The maximum Gasteiger partial charge on any atom is 0.0735 e. The van der Waals surface area contributed by atoms with Crippen LogP contribution in [0.1, 0.15) is 24.8 Å². The lowest BCUT2D eigenvalue weighted by molar-refractivity contribution is 0.0447. The molecule has 3 nitrogen and oxygen atoms in total. The Morgan fingerprint density at radius 3 is 3.00 bits per heavy atom. The van der Waals surface area contributed by atoms with Crippen LogP contribution in [0.2, 0.25) is 0 Å². The van der Waals surface area contributed by atoms with Crippen LogP contribution in [0, 0.1) is 0 Å². The molecule has 1 aliphatic rings. The van der Waals surface area contributed by atoms with Crippen LogP contribution in [0.15, 0.2) is 22.9 Å². The van der Waals surface area contributed by atoms with Gasteiger partial charge in [-0.1, -0.05) is 0 Å². The fourth-order valence-electron chi connectivity index (χ4n) is 1.87. The molecule has 1 fully saturated rings. The van der Waals surface area contributed by atoms with E-state index in [4.69, 9.17) is 10.5 Å². The van der Waals surface area contributed by atoms with Gasteiger partial charge >= 0.3 is 0 Å². The minimum Gasteiger partial charge on any atom is -0.373 e. The smallest absolute Gasteiger partial charge is 0.0735 e. The summed E-state index contributed by atoms with van der Waals surface area (Å²) in [5.74, 6) is 0. The zero-order chi connectivity index (χ0) is 10.7. The molecule has 0 aromatic carbocycles. The van der Waals surface area contributed by atoms with Crippen molar-refractivity contribution in [2.24, 2.45) is 5.73 Å². The van der Waals surface area contributed by atoms with Gasteiger partial charge in [0.15, 0.2) is 0 Å². The predicted octanol–water partition coefficient (Wildman–Crippen LogP) is 2.24. The van der Waals surface area contributed by atoms with Crippen LogP contribution in [0.3, 0.4) is 0 Å². The van der Waals surface area contributed by atoms with Crippen molar-refractivity contribution in [3.63, 3.8) is 0 Å². The summed E-state index contributed by atoms with van der Waals surface area (Å²) in [7, 11) is 0. The van der Waals surface area contributed by atoms with Gasteiger partial charge in [-0.25, -0.2) is 0 Å². The van der Waals surface area contributed by atoms with Crippen LogP contribution >= 0.6 is 15.9 Å². The highest BCUT2D eigenvalue weighted by Gasteiger charge is 2.21. The topological polar surface area (TPSA) is 48.1 Å². The van der Waals surface area contributed by atoms with Crippen molar-refractivity contribution in [2.75, 3.05) is 0 Å². The van der Waals surface area contributed by atoms with Gasteiger partial charge < -0.3 is 10.5 Å². The van der Waals surface area contributed by atoms with Gasteiger partial charge in [0.2, 0.25) is 0 Å². The number of hydrogen-bond acceptors (Lipinski definition) is 3. The van der Waals surface area contributed by atoms with Gasteiger partial charge in [0.25, 0.3) is 0 Å². The van der Waals surface area contributed by atoms with Gasteiger partial charge in [-0.15, -0.1) is 0 Å².